The van der Waals surface area contributed by atoms with E-state index in [0.29, 0.717) is 6.61 Å². The summed E-state index contributed by atoms with van der Waals surface area (Å²) in [6.45, 7) is 9.91. The number of hydrogen-bond donors (Lipinski definition) is 1. The molecule has 2 atom stereocenters. The second-order valence-electron chi connectivity index (χ2n) is 2.62. The lowest BCUT2D eigenvalue weighted by Gasteiger charge is -2.12. The van der Waals surface area contributed by atoms with Crippen molar-refractivity contribution in [3.63, 3.8) is 0 Å². The van der Waals surface area contributed by atoms with Gasteiger partial charge in [0.1, 0.15) is 6.10 Å². The summed E-state index contributed by atoms with van der Waals surface area (Å²) in [6, 6.07) is 0. The van der Waals surface area contributed by atoms with Crippen molar-refractivity contribution in [2.45, 2.75) is 19.1 Å². The van der Waals surface area contributed by atoms with Gasteiger partial charge in [-0.2, -0.15) is 0 Å². The largest absolute Gasteiger partial charge is 0.388 e. The molecule has 1 radical (unpaired) electrons. The standard InChI is InChI=1S/C9H17O3/c1-4-5-11-6-9(10)7-12-8(2)3/h4,8-10H,1-2,5-7H2,3H3. The second-order valence-corrected chi connectivity index (χ2v) is 2.62. The highest BCUT2D eigenvalue weighted by atomic mass is 16.5. The van der Waals surface area contributed by atoms with Gasteiger partial charge in [-0.25, -0.2) is 0 Å². The van der Waals surface area contributed by atoms with Gasteiger partial charge in [0.15, 0.2) is 0 Å². The molecule has 71 valence electrons. The van der Waals surface area contributed by atoms with Crippen molar-refractivity contribution >= 4 is 0 Å². The van der Waals surface area contributed by atoms with Crippen molar-refractivity contribution in [3.05, 3.63) is 19.6 Å². The first-order valence-corrected chi connectivity index (χ1v) is 3.98. The summed E-state index contributed by atoms with van der Waals surface area (Å²) in [5.41, 5.74) is 0. The lowest BCUT2D eigenvalue weighted by Crippen LogP contribution is -2.23. The van der Waals surface area contributed by atoms with Crippen LogP contribution >= 0.6 is 0 Å². The second kappa shape index (κ2) is 7.28. The normalized spacial score (nSPS) is 13.3. The predicted molar refractivity (Wildman–Crippen MR) is 47.8 cm³/mol. The van der Waals surface area contributed by atoms with Crippen LogP contribution in [-0.4, -0.2) is 37.1 Å². The zero-order valence-electron chi connectivity index (χ0n) is 7.53. The van der Waals surface area contributed by atoms with E-state index in [1.807, 2.05) is 6.92 Å². The minimum Gasteiger partial charge on any atom is -0.388 e. The van der Waals surface area contributed by atoms with Crippen LogP contribution in [0.5, 0.6) is 0 Å². The van der Waals surface area contributed by atoms with Crippen LogP contribution in [0.3, 0.4) is 0 Å². The number of aliphatic hydroxyl groups is 1. The summed E-state index contributed by atoms with van der Waals surface area (Å²) in [4.78, 5) is 0. The number of rotatable bonds is 7. The molecule has 0 aromatic heterocycles. The third-order valence-corrected chi connectivity index (χ3v) is 1.12. The topological polar surface area (TPSA) is 38.7 Å². The maximum Gasteiger partial charge on any atom is 0.101 e. The molecule has 0 aliphatic rings. The Kier molecular flexibility index (Phi) is 7.05. The molecular formula is C9H17O3. The first-order valence-electron chi connectivity index (χ1n) is 3.98. The van der Waals surface area contributed by atoms with Gasteiger partial charge in [0.2, 0.25) is 0 Å². The molecule has 0 aliphatic carbocycles. The molecular weight excluding hydrogens is 156 g/mol. The molecule has 3 heteroatoms. The molecule has 12 heavy (non-hydrogen) atoms. The van der Waals surface area contributed by atoms with Crippen molar-refractivity contribution in [3.8, 4) is 0 Å². The van der Waals surface area contributed by atoms with E-state index in [4.69, 9.17) is 9.47 Å². The molecule has 0 aromatic rings. The summed E-state index contributed by atoms with van der Waals surface area (Å²) < 4.78 is 10.1. The molecule has 1 N–H and O–H groups in total. The first kappa shape index (κ1) is 11.6. The van der Waals surface area contributed by atoms with E-state index in [-0.39, 0.29) is 19.3 Å². The van der Waals surface area contributed by atoms with Crippen molar-refractivity contribution in [1.29, 1.82) is 0 Å². The molecule has 0 aromatic carbocycles. The molecule has 2 unspecified atom stereocenters. The van der Waals surface area contributed by atoms with Crippen LogP contribution in [0.4, 0.5) is 0 Å². The Morgan fingerprint density at radius 3 is 2.67 bits per heavy atom. The maximum absolute atomic E-state index is 9.21. The fraction of sp³-hybridized carbons (Fsp3) is 0.667. The Morgan fingerprint density at radius 2 is 2.17 bits per heavy atom. The average molecular weight is 173 g/mol. The van der Waals surface area contributed by atoms with Crippen molar-refractivity contribution in [2.24, 2.45) is 0 Å². The van der Waals surface area contributed by atoms with Crippen LogP contribution in [0.1, 0.15) is 6.92 Å². The monoisotopic (exact) mass is 173 g/mol. The summed E-state index contributed by atoms with van der Waals surface area (Å²) in [5.74, 6) is 0. The highest BCUT2D eigenvalue weighted by Gasteiger charge is 2.04. The van der Waals surface area contributed by atoms with E-state index >= 15 is 0 Å². The Balaban J connectivity index is 3.21. The maximum atomic E-state index is 9.21. The van der Waals surface area contributed by atoms with Crippen molar-refractivity contribution < 1.29 is 14.6 Å². The first-order chi connectivity index (χ1) is 5.66. The molecule has 0 saturated carbocycles. The molecule has 3 nitrogen and oxygen atoms in total. The van der Waals surface area contributed by atoms with E-state index in [1.54, 1.807) is 6.08 Å². The van der Waals surface area contributed by atoms with E-state index in [2.05, 4.69) is 13.5 Å². The van der Waals surface area contributed by atoms with Gasteiger partial charge in [0.05, 0.1) is 25.9 Å². The Morgan fingerprint density at radius 1 is 1.50 bits per heavy atom. The predicted octanol–water partition coefficient (Wildman–Crippen LogP) is 0.789. The van der Waals surface area contributed by atoms with E-state index in [9.17, 15) is 5.11 Å². The van der Waals surface area contributed by atoms with Crippen molar-refractivity contribution in [1.82, 2.24) is 0 Å². The van der Waals surface area contributed by atoms with Crippen LogP contribution in [0, 0.1) is 6.92 Å². The third-order valence-electron chi connectivity index (χ3n) is 1.12. The Bertz CT molecular complexity index is 112. The summed E-state index contributed by atoms with van der Waals surface area (Å²) in [5, 5.41) is 9.21. The molecule has 0 fully saturated rings. The third kappa shape index (κ3) is 7.72. The van der Waals surface area contributed by atoms with Gasteiger partial charge in [-0.3, -0.25) is 0 Å². The molecule has 0 amide bonds. The summed E-state index contributed by atoms with van der Waals surface area (Å²) >= 11 is 0. The smallest absolute Gasteiger partial charge is 0.101 e. The zero-order chi connectivity index (χ0) is 9.40. The van der Waals surface area contributed by atoms with Gasteiger partial charge in [-0.1, -0.05) is 6.08 Å². The number of aliphatic hydroxyl groups excluding tert-OH is 1. The van der Waals surface area contributed by atoms with Gasteiger partial charge >= 0.3 is 0 Å². The van der Waals surface area contributed by atoms with Gasteiger partial charge in [0, 0.05) is 0 Å². The van der Waals surface area contributed by atoms with E-state index in [1.165, 1.54) is 0 Å². The van der Waals surface area contributed by atoms with E-state index in [0.717, 1.165) is 0 Å². The molecule has 0 aliphatic heterocycles. The van der Waals surface area contributed by atoms with Crippen LogP contribution in [-0.2, 0) is 9.47 Å². The van der Waals surface area contributed by atoms with Crippen molar-refractivity contribution in [2.75, 3.05) is 19.8 Å². The quantitative estimate of drug-likeness (QED) is 0.457. The van der Waals surface area contributed by atoms with Crippen LogP contribution in [0.25, 0.3) is 0 Å². The van der Waals surface area contributed by atoms with Crippen LogP contribution in [0.2, 0.25) is 0 Å². The Hall–Kier alpha value is -0.380. The molecule has 0 spiro atoms. The van der Waals surface area contributed by atoms with Gasteiger partial charge in [0.25, 0.3) is 0 Å². The molecule has 0 rings (SSSR count). The minimum absolute atomic E-state index is 0.0981. The number of ether oxygens (including phenoxy) is 2. The summed E-state index contributed by atoms with van der Waals surface area (Å²) in [6.07, 6.45) is 0.964. The molecule has 0 bridgehead atoms. The van der Waals surface area contributed by atoms with Crippen LogP contribution in [0.15, 0.2) is 12.7 Å². The molecule has 0 heterocycles. The minimum atomic E-state index is -0.575. The van der Waals surface area contributed by atoms with E-state index < -0.39 is 6.10 Å². The highest BCUT2D eigenvalue weighted by molar-refractivity contribution is 4.65. The van der Waals surface area contributed by atoms with Gasteiger partial charge < -0.3 is 14.6 Å². The molecule has 0 saturated heterocycles. The fourth-order valence-corrected chi connectivity index (χ4v) is 0.611. The number of hydrogen-bond acceptors (Lipinski definition) is 3. The highest BCUT2D eigenvalue weighted by Crippen LogP contribution is 1.92. The van der Waals surface area contributed by atoms with Gasteiger partial charge in [-0.05, 0) is 13.8 Å². The fourth-order valence-electron chi connectivity index (χ4n) is 0.611. The SMILES string of the molecule is [CH2]C(C)OCC(O)COCC=C. The lowest BCUT2D eigenvalue weighted by molar-refractivity contribution is -0.0252. The van der Waals surface area contributed by atoms with Gasteiger partial charge in [-0.15, -0.1) is 6.58 Å². The average Bonchev–Trinajstić information content (AvgIpc) is 2.01. The zero-order valence-corrected chi connectivity index (χ0v) is 7.53. The summed E-state index contributed by atoms with van der Waals surface area (Å²) in [7, 11) is 0. The van der Waals surface area contributed by atoms with Crippen LogP contribution < -0.4 is 0 Å². The lowest BCUT2D eigenvalue weighted by atomic mass is 10.4. The Labute approximate surface area is 74.0 Å².